The molecule has 0 fully saturated rings. The molecule has 97 heavy (non-hydrogen) atoms. The number of aromatic amines is 3. The number of para-hydroxylation sites is 3. The Labute approximate surface area is 558 Å². The van der Waals surface area contributed by atoms with Gasteiger partial charge in [-0.15, -0.1) is 0 Å². The number of aromatic nitrogens is 3. The lowest BCUT2D eigenvalue weighted by Crippen LogP contribution is -2.60. The fourth-order valence-corrected chi connectivity index (χ4v) is 10.6. The average Bonchev–Trinajstić information content (AvgIpc) is 1.49. The number of guanidine groups is 4. The summed E-state index contributed by atoms with van der Waals surface area (Å²) in [4.78, 5) is 154. The average molecular weight is 1340 g/mol. The van der Waals surface area contributed by atoms with Crippen LogP contribution in [0, 0.1) is 0 Å². The van der Waals surface area contributed by atoms with Gasteiger partial charge >= 0.3 is 0 Å². The lowest BCUT2D eigenvalue weighted by atomic mass is 10.0. The first-order valence-corrected chi connectivity index (χ1v) is 31.6. The summed E-state index contributed by atoms with van der Waals surface area (Å²) in [6.45, 7) is 2.98. The number of fused-ring (bicyclic) bond motifs is 3. The van der Waals surface area contributed by atoms with Gasteiger partial charge in [-0.05, 0) is 100 Å². The highest BCUT2D eigenvalue weighted by Crippen LogP contribution is 2.23. The molecule has 34 nitrogen and oxygen atoms in total. The summed E-state index contributed by atoms with van der Waals surface area (Å²) in [5.74, 6) is -8.25. The molecule has 31 N–H and O–H groups in total. The summed E-state index contributed by atoms with van der Waals surface area (Å²) in [5, 5.41) is 24.0. The number of rotatable bonds is 39. The van der Waals surface area contributed by atoms with Crippen LogP contribution in [-0.2, 0) is 62.4 Å². The number of nitrogens with one attached hydrogen (secondary N) is 11. The molecule has 0 aliphatic carbocycles. The van der Waals surface area contributed by atoms with Crippen molar-refractivity contribution in [1.82, 2.24) is 57.5 Å². The van der Waals surface area contributed by atoms with E-state index in [1.165, 1.54) is 13.8 Å². The highest BCUT2D eigenvalue weighted by molar-refractivity contribution is 5.99. The zero-order chi connectivity index (χ0) is 70.7. The molecule has 0 aliphatic rings. The van der Waals surface area contributed by atoms with Crippen LogP contribution in [0.25, 0.3) is 32.7 Å². The topological polar surface area (TPSA) is 607 Å². The summed E-state index contributed by atoms with van der Waals surface area (Å²) >= 11 is 0. The van der Waals surface area contributed by atoms with Gasteiger partial charge in [-0.1, -0.05) is 54.6 Å². The van der Waals surface area contributed by atoms with E-state index in [0.29, 0.717) is 27.6 Å². The van der Waals surface area contributed by atoms with E-state index in [1.807, 2.05) is 48.5 Å². The van der Waals surface area contributed by atoms with Crippen LogP contribution in [-0.4, -0.2) is 173 Å². The Morgan fingerprint density at radius 2 is 0.608 bits per heavy atom. The van der Waals surface area contributed by atoms with Crippen LogP contribution < -0.4 is 99.9 Å². The lowest BCUT2D eigenvalue weighted by molar-refractivity contribution is -0.135. The molecular formula is C63H91N25O9. The lowest BCUT2D eigenvalue weighted by Gasteiger charge is -2.27. The van der Waals surface area contributed by atoms with E-state index in [-0.39, 0.29) is 121 Å². The number of nitrogens with two attached hydrogens (primary N) is 10. The van der Waals surface area contributed by atoms with E-state index in [2.05, 4.69) is 77.5 Å². The molecule has 9 amide bonds. The first-order valence-electron chi connectivity index (χ1n) is 31.6. The Bertz CT molecular complexity index is 3820. The highest BCUT2D eigenvalue weighted by Gasteiger charge is 2.35. The van der Waals surface area contributed by atoms with Crippen LogP contribution in [0.5, 0.6) is 0 Å². The molecule has 9 atom stereocenters. The van der Waals surface area contributed by atoms with Crippen molar-refractivity contribution in [1.29, 1.82) is 0 Å². The van der Waals surface area contributed by atoms with Gasteiger partial charge in [-0.2, -0.15) is 0 Å². The number of nitrogens with zero attached hydrogens (tertiary/aromatic N) is 4. The molecule has 6 aromatic rings. The van der Waals surface area contributed by atoms with Crippen LogP contribution in [0.1, 0.15) is 81.9 Å². The Morgan fingerprint density at radius 3 is 0.918 bits per heavy atom. The molecule has 522 valence electrons. The van der Waals surface area contributed by atoms with E-state index >= 15 is 4.79 Å². The maximum Gasteiger partial charge on any atom is 0.243 e. The van der Waals surface area contributed by atoms with Gasteiger partial charge in [0.15, 0.2) is 23.8 Å². The summed E-state index contributed by atoms with van der Waals surface area (Å²) in [6, 6.07) is 9.88. The number of carbonyl (C=O) groups is 9. The molecule has 0 radical (unpaired) electrons. The molecule has 0 spiro atoms. The van der Waals surface area contributed by atoms with Crippen LogP contribution >= 0.6 is 0 Å². The van der Waals surface area contributed by atoms with Gasteiger partial charge in [0.1, 0.15) is 48.3 Å². The Balaban J connectivity index is 1.27. The first kappa shape index (κ1) is 74.6. The number of benzene rings is 3. The molecule has 6 rings (SSSR count). The molecule has 0 unspecified atom stereocenters. The highest BCUT2D eigenvalue weighted by atomic mass is 16.2. The van der Waals surface area contributed by atoms with Crippen molar-refractivity contribution in [3.63, 3.8) is 0 Å². The number of hydrogen-bond donors (Lipinski definition) is 21. The van der Waals surface area contributed by atoms with Crippen molar-refractivity contribution in [2.24, 2.45) is 77.3 Å². The zero-order valence-corrected chi connectivity index (χ0v) is 54.2. The molecule has 0 bridgehead atoms. The van der Waals surface area contributed by atoms with Crippen molar-refractivity contribution in [2.75, 3.05) is 26.2 Å². The van der Waals surface area contributed by atoms with Crippen molar-refractivity contribution in [3.05, 3.63) is 108 Å². The number of H-pyrrole nitrogens is 3. The predicted octanol–water partition coefficient (Wildman–Crippen LogP) is -3.90. The molecule has 34 heteroatoms. The van der Waals surface area contributed by atoms with Crippen LogP contribution in [0.2, 0.25) is 0 Å². The Morgan fingerprint density at radius 1 is 0.351 bits per heavy atom. The maximum absolute atomic E-state index is 15.0. The van der Waals surface area contributed by atoms with Crippen LogP contribution in [0.3, 0.4) is 0 Å². The van der Waals surface area contributed by atoms with Crippen LogP contribution in [0.4, 0.5) is 0 Å². The monoisotopic (exact) mass is 1340 g/mol. The third kappa shape index (κ3) is 23.5. The van der Waals surface area contributed by atoms with Gasteiger partial charge in [0.05, 0.1) is 6.04 Å². The number of aliphatic imine (C=N–C) groups is 4. The van der Waals surface area contributed by atoms with Crippen LogP contribution in [0.15, 0.2) is 111 Å². The molecule has 0 saturated heterocycles. The van der Waals surface area contributed by atoms with Gasteiger partial charge in [-0.3, -0.25) is 63.1 Å². The fourth-order valence-electron chi connectivity index (χ4n) is 10.6. The quantitative estimate of drug-likeness (QED) is 0.00997. The SMILES string of the molecule is C[C@H](N)C(=O)N[C@@H](Cc1c[nH]c2ccccc12)C(=O)N[C@@H](Cc1c[nH]c2ccccc12)C(=O)N[C@@H](CCCN=C(N)N)C(=O)N[C@@H](CCCN=C(N)N)C(=O)N[C@@H](C)C(=O)N[C@@H](Cc1c[nH]c2ccccc12)C(=O)N[C@@H](CCCN=C(N)N)C(=O)N[C@@H](CCCN=C(N)N)C(N)=O. The third-order valence-corrected chi connectivity index (χ3v) is 15.7. The second-order valence-corrected chi connectivity index (χ2v) is 23.3. The third-order valence-electron chi connectivity index (χ3n) is 15.7. The maximum atomic E-state index is 15.0. The molecular weight excluding hydrogens is 1250 g/mol. The predicted molar refractivity (Wildman–Crippen MR) is 370 cm³/mol. The molecule has 3 aromatic carbocycles. The number of hydrogen-bond acceptors (Lipinski definition) is 14. The van der Waals surface area contributed by atoms with E-state index in [0.717, 1.165) is 21.8 Å². The molecule has 3 heterocycles. The van der Waals surface area contributed by atoms with E-state index in [9.17, 15) is 38.4 Å². The van der Waals surface area contributed by atoms with Gasteiger partial charge < -0.3 is 115 Å². The number of carbonyl (C=O) groups excluding carboxylic acids is 9. The van der Waals surface area contributed by atoms with Gasteiger partial charge in [0.2, 0.25) is 53.2 Å². The minimum Gasteiger partial charge on any atom is -0.370 e. The van der Waals surface area contributed by atoms with Gasteiger partial charge in [0, 0.05) is 96.7 Å². The normalized spacial score (nSPS) is 13.9. The zero-order valence-electron chi connectivity index (χ0n) is 54.2. The van der Waals surface area contributed by atoms with Crippen molar-refractivity contribution in [3.8, 4) is 0 Å². The second kappa shape index (κ2) is 36.9. The second-order valence-electron chi connectivity index (χ2n) is 23.3. The summed E-state index contributed by atoms with van der Waals surface area (Å²) in [7, 11) is 0. The minimum atomic E-state index is -1.45. The summed E-state index contributed by atoms with van der Waals surface area (Å²) in [6.07, 6.45) is 5.11. The van der Waals surface area contributed by atoms with E-state index in [4.69, 9.17) is 57.3 Å². The minimum absolute atomic E-state index is 0.00158. The van der Waals surface area contributed by atoms with Gasteiger partial charge in [-0.25, -0.2) is 0 Å². The summed E-state index contributed by atoms with van der Waals surface area (Å²) < 4.78 is 0. The van der Waals surface area contributed by atoms with Gasteiger partial charge in [0.25, 0.3) is 0 Å². The van der Waals surface area contributed by atoms with Crippen molar-refractivity contribution in [2.45, 2.75) is 139 Å². The molecule has 3 aromatic heterocycles. The Kier molecular flexibility index (Phi) is 28.3. The number of amides is 9. The van der Waals surface area contributed by atoms with Crippen molar-refractivity contribution >= 4 is 110 Å². The Hall–Kier alpha value is -11.4. The number of primary amides is 1. The van der Waals surface area contributed by atoms with Crippen molar-refractivity contribution < 1.29 is 43.2 Å². The summed E-state index contributed by atoms with van der Waals surface area (Å²) in [5.41, 5.74) is 60.3. The standard InChI is InChI=1S/C63H91N25O9/c1-33(64)52(90)86-48(27-35-30-78-41-16-6-3-13-38(35)41)59(97)88-50(29-37-32-80-43-18-8-5-15-40(37)43)58(96)85-47(22-12-26-77-63(72)73)56(94)83-45(20-10-24-75-61(68)69)54(92)81-34(2)53(91)87-49(28-36-31-79-42-17-7-4-14-39(36)42)57(95)84-46(21-11-25-76-62(70)71)55(93)82-44(51(65)89)19-9-23-74-60(66)67/h3-8,13-18,30-34,44-50,78-80H,9-12,19-29,64H2,1-2H3,(H2,65,89)(H,81,92)(H,82,93)(H,83,94)(H,84,95)(H,85,96)(H,86,90)(H,87,91)(H,88,97)(H4,66,67,74)(H4,68,69,75)(H4,70,71,76)(H4,72,73,77)/t33-,34-,44-,45-,46-,47-,48-,49-,50-/m0/s1. The molecule has 0 saturated carbocycles. The largest absolute Gasteiger partial charge is 0.370 e. The molecule has 0 aliphatic heterocycles. The fraction of sp³-hybridized carbons (Fsp3) is 0.413. The smallest absolute Gasteiger partial charge is 0.243 e. The van der Waals surface area contributed by atoms with E-state index in [1.54, 1.807) is 42.9 Å². The first-order chi connectivity index (χ1) is 46.3. The van der Waals surface area contributed by atoms with E-state index < -0.39 is 108 Å².